The summed E-state index contributed by atoms with van der Waals surface area (Å²) in [4.78, 5) is 12.4. The van der Waals surface area contributed by atoms with Crippen LogP contribution in [-0.4, -0.2) is 27.6 Å². The smallest absolute Gasteiger partial charge is 0.179 e. The van der Waals surface area contributed by atoms with Crippen LogP contribution >= 0.6 is 0 Å². The Morgan fingerprint density at radius 1 is 1.10 bits per heavy atom. The van der Waals surface area contributed by atoms with E-state index < -0.39 is 15.3 Å². The van der Waals surface area contributed by atoms with Crippen molar-refractivity contribution >= 4 is 16.1 Å². The fourth-order valence-electron chi connectivity index (χ4n) is 3.82. The van der Waals surface area contributed by atoms with E-state index in [1.165, 1.54) is 0 Å². The van der Waals surface area contributed by atoms with Gasteiger partial charge in [-0.15, -0.1) is 0 Å². The first-order chi connectivity index (χ1) is 14.8. The number of allylic oxidation sites excluding steroid dienone is 2. The van der Waals surface area contributed by atoms with Crippen molar-refractivity contribution in [3.63, 3.8) is 0 Å². The number of sulfone groups is 1. The van der Waals surface area contributed by atoms with E-state index in [4.69, 9.17) is 4.74 Å². The van der Waals surface area contributed by atoms with Crippen molar-refractivity contribution in [2.45, 2.75) is 57.8 Å². The molecule has 0 radical (unpaired) electrons. The molecular weight excluding hydrogens is 408 g/mol. The molecule has 0 N–H and O–H groups in total. The second kappa shape index (κ2) is 11.3. The molecule has 4 nitrogen and oxygen atoms in total. The molecule has 2 aromatic carbocycles. The lowest BCUT2D eigenvalue weighted by Gasteiger charge is -2.27. The fraction of sp³-hybridized carbons (Fsp3) is 0.423. The SMILES string of the molecule is CC=CCC(C=O)(CCCC)CS(=O)(=O)c1ccc(C)cc1Cc1ccc(OC)cc1. The van der Waals surface area contributed by atoms with Crippen LogP contribution < -0.4 is 4.74 Å². The average Bonchev–Trinajstić information content (AvgIpc) is 2.76. The predicted molar refractivity (Wildman–Crippen MR) is 126 cm³/mol. The van der Waals surface area contributed by atoms with Gasteiger partial charge in [-0.05, 0) is 62.4 Å². The largest absolute Gasteiger partial charge is 0.497 e. The molecule has 0 saturated heterocycles. The zero-order valence-corrected chi connectivity index (χ0v) is 19.9. The van der Waals surface area contributed by atoms with Crippen LogP contribution in [0, 0.1) is 12.3 Å². The van der Waals surface area contributed by atoms with Crippen LogP contribution in [0.5, 0.6) is 5.75 Å². The monoisotopic (exact) mass is 442 g/mol. The van der Waals surface area contributed by atoms with Gasteiger partial charge in [0.1, 0.15) is 12.0 Å². The number of rotatable bonds is 12. The maximum atomic E-state index is 13.6. The van der Waals surface area contributed by atoms with Crippen LogP contribution in [0.25, 0.3) is 0 Å². The summed E-state index contributed by atoms with van der Waals surface area (Å²) in [6.45, 7) is 5.89. The third kappa shape index (κ3) is 6.79. The van der Waals surface area contributed by atoms with Gasteiger partial charge in [-0.2, -0.15) is 0 Å². The first-order valence-electron chi connectivity index (χ1n) is 10.8. The van der Waals surface area contributed by atoms with Gasteiger partial charge < -0.3 is 9.53 Å². The molecular formula is C26H34O4S. The number of hydrogen-bond acceptors (Lipinski definition) is 4. The summed E-state index contributed by atoms with van der Waals surface area (Å²) in [5.41, 5.74) is 1.86. The number of aryl methyl sites for hydroxylation is 1. The number of carbonyl (C=O) groups is 1. The summed E-state index contributed by atoms with van der Waals surface area (Å²) in [5, 5.41) is 0. The summed E-state index contributed by atoms with van der Waals surface area (Å²) in [6.07, 6.45) is 7.86. The third-order valence-corrected chi connectivity index (χ3v) is 7.64. The van der Waals surface area contributed by atoms with Crippen molar-refractivity contribution in [1.29, 1.82) is 0 Å². The minimum Gasteiger partial charge on any atom is -0.497 e. The molecule has 31 heavy (non-hydrogen) atoms. The van der Waals surface area contributed by atoms with E-state index in [1.54, 1.807) is 13.2 Å². The summed E-state index contributed by atoms with van der Waals surface area (Å²) in [5.74, 6) is 0.587. The molecule has 0 aliphatic heterocycles. The maximum absolute atomic E-state index is 13.6. The van der Waals surface area contributed by atoms with Crippen LogP contribution in [0.15, 0.2) is 59.5 Å². The average molecular weight is 443 g/mol. The van der Waals surface area contributed by atoms with E-state index in [1.807, 2.05) is 69.3 Å². The van der Waals surface area contributed by atoms with E-state index in [0.717, 1.165) is 41.6 Å². The lowest BCUT2D eigenvalue weighted by atomic mass is 9.83. The van der Waals surface area contributed by atoms with Crippen molar-refractivity contribution in [3.8, 4) is 5.75 Å². The summed E-state index contributed by atoms with van der Waals surface area (Å²) in [7, 11) is -2.04. The van der Waals surface area contributed by atoms with Gasteiger partial charge in [-0.3, -0.25) is 0 Å². The molecule has 5 heteroatoms. The van der Waals surface area contributed by atoms with Crippen molar-refractivity contribution in [1.82, 2.24) is 0 Å². The quantitative estimate of drug-likeness (QED) is 0.312. The van der Waals surface area contributed by atoms with Gasteiger partial charge in [0.2, 0.25) is 0 Å². The van der Waals surface area contributed by atoms with E-state index in [9.17, 15) is 13.2 Å². The molecule has 1 unspecified atom stereocenters. The molecule has 0 aliphatic rings. The number of hydrogen-bond donors (Lipinski definition) is 0. The molecule has 0 heterocycles. The Kier molecular flexibility index (Phi) is 9.05. The number of methoxy groups -OCH3 is 1. The summed E-state index contributed by atoms with van der Waals surface area (Å²) in [6, 6.07) is 13.1. The lowest BCUT2D eigenvalue weighted by Crippen LogP contribution is -2.32. The highest BCUT2D eigenvalue weighted by molar-refractivity contribution is 7.91. The van der Waals surface area contributed by atoms with Gasteiger partial charge in [-0.25, -0.2) is 8.42 Å². The molecule has 168 valence electrons. The van der Waals surface area contributed by atoms with E-state index in [-0.39, 0.29) is 5.75 Å². The van der Waals surface area contributed by atoms with Crippen molar-refractivity contribution in [3.05, 3.63) is 71.3 Å². The van der Waals surface area contributed by atoms with Gasteiger partial charge in [0.15, 0.2) is 9.84 Å². The Balaban J connectivity index is 2.43. The second-order valence-corrected chi connectivity index (χ2v) is 10.2. The van der Waals surface area contributed by atoms with Gasteiger partial charge in [0.05, 0.1) is 17.8 Å². The van der Waals surface area contributed by atoms with Gasteiger partial charge >= 0.3 is 0 Å². The minimum absolute atomic E-state index is 0.174. The highest BCUT2D eigenvalue weighted by atomic mass is 32.2. The Labute approximate surface area is 187 Å². The Morgan fingerprint density at radius 2 is 1.81 bits per heavy atom. The Bertz CT molecular complexity index is 991. The van der Waals surface area contributed by atoms with Crippen LogP contribution in [0.4, 0.5) is 0 Å². The number of ether oxygens (including phenoxy) is 1. The molecule has 2 aromatic rings. The first-order valence-corrected chi connectivity index (χ1v) is 12.5. The molecule has 0 fully saturated rings. The molecule has 0 aromatic heterocycles. The van der Waals surface area contributed by atoms with E-state index in [2.05, 4.69) is 0 Å². The number of aldehydes is 1. The van der Waals surface area contributed by atoms with Crippen molar-refractivity contribution in [2.24, 2.45) is 5.41 Å². The summed E-state index contributed by atoms with van der Waals surface area (Å²) < 4.78 is 32.3. The van der Waals surface area contributed by atoms with E-state index in [0.29, 0.717) is 24.2 Å². The van der Waals surface area contributed by atoms with E-state index >= 15 is 0 Å². The standard InChI is InChI=1S/C26H34O4S/c1-5-7-15-26(19-27,16-8-6-2)20-31(28,29)25-14-9-21(3)17-23(25)18-22-10-12-24(30-4)13-11-22/h5,7,9-14,17,19H,6,8,15-16,18,20H2,1-4H3. The van der Waals surface area contributed by atoms with Gasteiger partial charge in [-0.1, -0.05) is 61.7 Å². The Morgan fingerprint density at radius 3 is 2.39 bits per heavy atom. The van der Waals surface area contributed by atoms with Crippen LogP contribution in [0.2, 0.25) is 0 Å². The highest BCUT2D eigenvalue weighted by Crippen LogP contribution is 2.33. The van der Waals surface area contributed by atoms with Gasteiger partial charge in [0.25, 0.3) is 0 Å². The number of unbranched alkanes of at least 4 members (excludes halogenated alkanes) is 1. The molecule has 2 rings (SSSR count). The predicted octanol–water partition coefficient (Wildman–Crippen LogP) is 5.71. The molecule has 0 bridgehead atoms. The lowest BCUT2D eigenvalue weighted by molar-refractivity contribution is -0.115. The molecule has 1 atom stereocenters. The normalized spacial score (nSPS) is 13.8. The summed E-state index contributed by atoms with van der Waals surface area (Å²) >= 11 is 0. The molecule has 0 aliphatic carbocycles. The number of benzene rings is 2. The minimum atomic E-state index is -3.66. The Hall–Kier alpha value is -2.40. The van der Waals surface area contributed by atoms with Crippen molar-refractivity contribution in [2.75, 3.05) is 12.9 Å². The zero-order valence-electron chi connectivity index (χ0n) is 19.1. The molecule has 0 spiro atoms. The van der Waals surface area contributed by atoms with Crippen LogP contribution in [0.1, 0.15) is 56.2 Å². The molecule has 0 amide bonds. The van der Waals surface area contributed by atoms with Crippen molar-refractivity contribution < 1.29 is 17.9 Å². The third-order valence-electron chi connectivity index (χ3n) is 5.62. The number of carbonyl (C=O) groups excluding carboxylic acids is 1. The van der Waals surface area contributed by atoms with Gasteiger partial charge in [0, 0.05) is 5.41 Å². The maximum Gasteiger partial charge on any atom is 0.179 e. The van der Waals surface area contributed by atoms with Crippen LogP contribution in [-0.2, 0) is 21.1 Å². The first kappa shape index (κ1) is 24.9. The second-order valence-electron chi connectivity index (χ2n) is 8.25. The highest BCUT2D eigenvalue weighted by Gasteiger charge is 2.35. The molecule has 0 saturated carbocycles. The topological polar surface area (TPSA) is 60.4 Å². The van der Waals surface area contributed by atoms with Crippen LogP contribution in [0.3, 0.4) is 0 Å². The fourth-order valence-corrected chi connectivity index (χ4v) is 5.87. The zero-order chi connectivity index (χ0) is 22.9.